The Morgan fingerprint density at radius 2 is 1.74 bits per heavy atom. The second kappa shape index (κ2) is 7.76. The molecule has 0 saturated carbocycles. The molecular formula is C23H23F3N4O. The molecule has 2 aromatic carbocycles. The summed E-state index contributed by atoms with van der Waals surface area (Å²) in [6, 6.07) is 11.9. The summed E-state index contributed by atoms with van der Waals surface area (Å²) in [5.41, 5.74) is 4.23. The van der Waals surface area contributed by atoms with Crippen LogP contribution in [0.3, 0.4) is 0 Å². The number of amides is 1. The monoisotopic (exact) mass is 428 g/mol. The van der Waals surface area contributed by atoms with Gasteiger partial charge in [-0.3, -0.25) is 4.79 Å². The molecule has 0 saturated heterocycles. The predicted molar refractivity (Wildman–Crippen MR) is 113 cm³/mol. The lowest BCUT2D eigenvalue weighted by Crippen LogP contribution is -2.35. The van der Waals surface area contributed by atoms with Gasteiger partial charge in [-0.25, -0.2) is 4.68 Å². The van der Waals surface area contributed by atoms with Crippen molar-refractivity contribution in [2.45, 2.75) is 45.5 Å². The molecule has 0 fully saturated rings. The maximum atomic E-state index is 13.8. The summed E-state index contributed by atoms with van der Waals surface area (Å²) in [6.07, 6.45) is -4.70. The van der Waals surface area contributed by atoms with E-state index in [1.165, 1.54) is 6.07 Å². The number of hydrogen-bond donors (Lipinski definition) is 2. The molecular weight excluding hydrogens is 405 g/mol. The van der Waals surface area contributed by atoms with Gasteiger partial charge in [0, 0.05) is 18.2 Å². The summed E-state index contributed by atoms with van der Waals surface area (Å²) in [7, 11) is 0. The van der Waals surface area contributed by atoms with Gasteiger partial charge in [0.1, 0.15) is 5.82 Å². The number of carbonyl (C=O) groups excluding carboxylic acids is 1. The Hall–Kier alpha value is -3.29. The SMILES string of the molecule is Cc1ccc([C@H]2C[C@@H](C(F)(F)F)n3nc(C(=O)Nc4ccc(C)cc4C)cc3N2)cc1. The highest BCUT2D eigenvalue weighted by atomic mass is 19.4. The van der Waals surface area contributed by atoms with Crippen LogP contribution in [0.5, 0.6) is 0 Å². The van der Waals surface area contributed by atoms with Gasteiger partial charge < -0.3 is 10.6 Å². The third-order valence-corrected chi connectivity index (χ3v) is 5.53. The molecule has 1 aliphatic heterocycles. The molecule has 4 rings (SSSR count). The van der Waals surface area contributed by atoms with E-state index in [9.17, 15) is 18.0 Å². The minimum absolute atomic E-state index is 0.0683. The van der Waals surface area contributed by atoms with E-state index in [-0.39, 0.29) is 17.9 Å². The molecule has 8 heteroatoms. The van der Waals surface area contributed by atoms with Gasteiger partial charge in [-0.2, -0.15) is 18.3 Å². The fourth-order valence-corrected chi connectivity index (χ4v) is 3.84. The van der Waals surface area contributed by atoms with Crippen LogP contribution in [0.2, 0.25) is 0 Å². The number of rotatable bonds is 3. The van der Waals surface area contributed by atoms with Crippen molar-refractivity contribution < 1.29 is 18.0 Å². The number of aryl methyl sites for hydroxylation is 3. The Morgan fingerprint density at radius 1 is 1.06 bits per heavy atom. The Kier molecular flexibility index (Phi) is 5.24. The lowest BCUT2D eigenvalue weighted by Gasteiger charge is -2.33. The molecule has 1 amide bonds. The highest BCUT2D eigenvalue weighted by Gasteiger charge is 2.46. The minimum atomic E-state index is -4.49. The Labute approximate surface area is 178 Å². The van der Waals surface area contributed by atoms with Crippen molar-refractivity contribution in [3.8, 4) is 0 Å². The van der Waals surface area contributed by atoms with Gasteiger partial charge in [-0.15, -0.1) is 0 Å². The first-order valence-corrected chi connectivity index (χ1v) is 10.00. The van der Waals surface area contributed by atoms with E-state index in [2.05, 4.69) is 15.7 Å². The molecule has 0 aliphatic carbocycles. The number of aromatic nitrogens is 2. The molecule has 0 unspecified atom stereocenters. The molecule has 2 atom stereocenters. The van der Waals surface area contributed by atoms with E-state index in [4.69, 9.17) is 0 Å². The Balaban J connectivity index is 1.64. The number of hydrogen-bond acceptors (Lipinski definition) is 3. The summed E-state index contributed by atoms with van der Waals surface area (Å²) >= 11 is 0. The van der Waals surface area contributed by atoms with Crippen molar-refractivity contribution in [2.24, 2.45) is 0 Å². The van der Waals surface area contributed by atoms with Crippen LogP contribution < -0.4 is 10.6 Å². The fraction of sp³-hybridized carbons (Fsp3) is 0.304. The van der Waals surface area contributed by atoms with Crippen LogP contribution in [-0.4, -0.2) is 21.9 Å². The summed E-state index contributed by atoms with van der Waals surface area (Å²) in [4.78, 5) is 12.7. The van der Waals surface area contributed by atoms with Gasteiger partial charge in [0.25, 0.3) is 5.91 Å². The lowest BCUT2D eigenvalue weighted by molar-refractivity contribution is -0.173. The van der Waals surface area contributed by atoms with Crippen LogP contribution in [0.25, 0.3) is 0 Å². The summed E-state index contributed by atoms with van der Waals surface area (Å²) in [5, 5.41) is 9.86. The van der Waals surface area contributed by atoms with Crippen molar-refractivity contribution in [3.63, 3.8) is 0 Å². The van der Waals surface area contributed by atoms with Crippen LogP contribution in [-0.2, 0) is 0 Å². The molecule has 0 spiro atoms. The van der Waals surface area contributed by atoms with Gasteiger partial charge in [0.05, 0.1) is 6.04 Å². The largest absolute Gasteiger partial charge is 0.410 e. The van der Waals surface area contributed by atoms with Crippen molar-refractivity contribution in [3.05, 3.63) is 76.5 Å². The zero-order chi connectivity index (χ0) is 22.3. The van der Waals surface area contributed by atoms with Gasteiger partial charge in [-0.1, -0.05) is 47.5 Å². The zero-order valence-electron chi connectivity index (χ0n) is 17.4. The van der Waals surface area contributed by atoms with E-state index in [1.807, 2.05) is 57.2 Å². The fourth-order valence-electron chi connectivity index (χ4n) is 3.84. The molecule has 3 aromatic rings. The van der Waals surface area contributed by atoms with Crippen LogP contribution >= 0.6 is 0 Å². The van der Waals surface area contributed by atoms with E-state index < -0.39 is 24.2 Å². The first kappa shape index (κ1) is 21.0. The van der Waals surface area contributed by atoms with E-state index in [1.54, 1.807) is 6.07 Å². The second-order valence-corrected chi connectivity index (χ2v) is 8.03. The van der Waals surface area contributed by atoms with E-state index in [0.29, 0.717) is 5.69 Å². The third-order valence-electron chi connectivity index (χ3n) is 5.53. The maximum absolute atomic E-state index is 13.8. The number of benzene rings is 2. The highest BCUT2D eigenvalue weighted by molar-refractivity contribution is 6.03. The number of fused-ring (bicyclic) bond motifs is 1. The Bertz CT molecular complexity index is 1120. The standard InChI is InChI=1S/C23H23F3N4O/c1-13-4-7-16(8-5-13)18-11-20(23(24,25)26)30-21(27-18)12-19(29-30)22(31)28-17-9-6-14(2)10-15(17)3/h4-10,12,18,20,27H,11H2,1-3H3,(H,28,31)/t18-,20+/m1/s1. The second-order valence-electron chi connectivity index (χ2n) is 8.03. The van der Waals surface area contributed by atoms with E-state index >= 15 is 0 Å². The summed E-state index contributed by atoms with van der Waals surface area (Å²) in [6.45, 7) is 5.72. The number of alkyl halides is 3. The first-order chi connectivity index (χ1) is 14.6. The van der Waals surface area contributed by atoms with Gasteiger partial charge in [0.15, 0.2) is 11.7 Å². The maximum Gasteiger partial charge on any atom is 0.410 e. The number of halogens is 3. The zero-order valence-corrected chi connectivity index (χ0v) is 17.4. The number of nitrogens with one attached hydrogen (secondary N) is 2. The van der Waals surface area contributed by atoms with Crippen molar-refractivity contribution in [2.75, 3.05) is 10.6 Å². The number of carbonyl (C=O) groups is 1. The highest BCUT2D eigenvalue weighted by Crippen LogP contribution is 2.43. The molecule has 1 aromatic heterocycles. The molecule has 162 valence electrons. The van der Waals surface area contributed by atoms with Crippen LogP contribution in [0.1, 0.15) is 51.2 Å². The average Bonchev–Trinajstić information content (AvgIpc) is 3.13. The molecule has 2 N–H and O–H groups in total. The quantitative estimate of drug-likeness (QED) is 0.561. The predicted octanol–water partition coefficient (Wildman–Crippen LogP) is 5.72. The molecule has 2 heterocycles. The van der Waals surface area contributed by atoms with Crippen molar-refractivity contribution in [1.82, 2.24) is 9.78 Å². The van der Waals surface area contributed by atoms with Crippen LogP contribution in [0, 0.1) is 20.8 Å². The molecule has 0 radical (unpaired) electrons. The average molecular weight is 428 g/mol. The first-order valence-electron chi connectivity index (χ1n) is 10.00. The summed E-state index contributed by atoms with van der Waals surface area (Å²) in [5.74, 6) is -0.381. The Morgan fingerprint density at radius 3 is 2.39 bits per heavy atom. The smallest absolute Gasteiger partial charge is 0.363 e. The molecule has 31 heavy (non-hydrogen) atoms. The van der Waals surface area contributed by atoms with Gasteiger partial charge in [0.2, 0.25) is 0 Å². The molecule has 1 aliphatic rings. The number of anilines is 2. The normalized spacial score (nSPS) is 18.3. The van der Waals surface area contributed by atoms with Gasteiger partial charge >= 0.3 is 6.18 Å². The van der Waals surface area contributed by atoms with Gasteiger partial charge in [-0.05, 0) is 38.0 Å². The molecule has 0 bridgehead atoms. The van der Waals surface area contributed by atoms with Crippen LogP contribution in [0.4, 0.5) is 24.7 Å². The topological polar surface area (TPSA) is 59.0 Å². The van der Waals surface area contributed by atoms with Crippen molar-refractivity contribution >= 4 is 17.4 Å². The van der Waals surface area contributed by atoms with Crippen molar-refractivity contribution in [1.29, 1.82) is 0 Å². The number of nitrogens with zero attached hydrogens (tertiary/aromatic N) is 2. The molecule has 5 nitrogen and oxygen atoms in total. The summed E-state index contributed by atoms with van der Waals surface area (Å²) < 4.78 is 42.4. The van der Waals surface area contributed by atoms with Crippen LogP contribution in [0.15, 0.2) is 48.5 Å². The third kappa shape index (κ3) is 4.28. The lowest BCUT2D eigenvalue weighted by atomic mass is 9.96. The minimum Gasteiger partial charge on any atom is -0.363 e. The van der Waals surface area contributed by atoms with E-state index in [0.717, 1.165) is 26.9 Å².